The minimum absolute atomic E-state index is 0.114. The number of nitrogens with one attached hydrogen (secondary N) is 1. The molecule has 18 heavy (non-hydrogen) atoms. The number of benzene rings is 1. The van der Waals surface area contributed by atoms with E-state index in [1.54, 1.807) is 18.2 Å². The topological polar surface area (TPSA) is 55.1 Å². The van der Waals surface area contributed by atoms with E-state index in [4.69, 9.17) is 17.3 Å². The average molecular weight is 332 g/mol. The molecule has 0 heterocycles. The van der Waals surface area contributed by atoms with Crippen molar-refractivity contribution in [3.63, 3.8) is 0 Å². The summed E-state index contributed by atoms with van der Waals surface area (Å²) in [7, 11) is 0. The first kappa shape index (κ1) is 13.8. The molecule has 0 aliphatic heterocycles. The molecule has 1 aliphatic carbocycles. The third kappa shape index (κ3) is 2.87. The molecule has 3 N–H and O–H groups in total. The van der Waals surface area contributed by atoms with E-state index in [0.29, 0.717) is 17.1 Å². The number of hydrogen-bond acceptors (Lipinski definition) is 2. The molecule has 1 fully saturated rings. The first-order chi connectivity index (χ1) is 8.56. The molecule has 2 rings (SSSR count). The van der Waals surface area contributed by atoms with Crippen molar-refractivity contribution in [2.24, 2.45) is 5.73 Å². The van der Waals surface area contributed by atoms with Crippen LogP contribution in [0.5, 0.6) is 0 Å². The largest absolute Gasteiger partial charge is 0.345 e. The molecule has 5 heteroatoms. The Morgan fingerprint density at radius 3 is 2.72 bits per heavy atom. The summed E-state index contributed by atoms with van der Waals surface area (Å²) in [5, 5.41) is 3.63. The lowest BCUT2D eigenvalue weighted by Gasteiger charge is -2.28. The van der Waals surface area contributed by atoms with E-state index in [1.807, 2.05) is 0 Å². The van der Waals surface area contributed by atoms with E-state index in [0.717, 1.165) is 30.2 Å². The van der Waals surface area contributed by atoms with Gasteiger partial charge in [-0.05, 0) is 47.0 Å². The summed E-state index contributed by atoms with van der Waals surface area (Å²) in [5.74, 6) is -0.114. The molecule has 1 aliphatic rings. The smallest absolute Gasteiger partial charge is 0.252 e. The molecular weight excluding hydrogens is 316 g/mol. The fraction of sp³-hybridized carbons (Fsp3) is 0.462. The second-order valence-electron chi connectivity index (χ2n) is 4.77. The Morgan fingerprint density at radius 2 is 2.11 bits per heavy atom. The van der Waals surface area contributed by atoms with Crippen LogP contribution in [-0.2, 0) is 0 Å². The summed E-state index contributed by atoms with van der Waals surface area (Å²) in [6.07, 6.45) is 4.14. The highest BCUT2D eigenvalue weighted by Crippen LogP contribution is 2.30. The van der Waals surface area contributed by atoms with Gasteiger partial charge in [-0.3, -0.25) is 4.79 Å². The summed E-state index contributed by atoms with van der Waals surface area (Å²) in [6.45, 7) is 0.483. The van der Waals surface area contributed by atoms with Crippen molar-refractivity contribution in [1.82, 2.24) is 5.32 Å². The zero-order valence-corrected chi connectivity index (χ0v) is 12.4. The molecular formula is C13H16BrClN2O. The molecule has 0 spiro atoms. The Balaban J connectivity index is 2.18. The van der Waals surface area contributed by atoms with Gasteiger partial charge in [0.15, 0.2) is 0 Å². The summed E-state index contributed by atoms with van der Waals surface area (Å²) in [6, 6.07) is 5.19. The van der Waals surface area contributed by atoms with Crippen LogP contribution in [-0.4, -0.2) is 18.0 Å². The van der Waals surface area contributed by atoms with Crippen LogP contribution in [0.2, 0.25) is 5.02 Å². The Labute approximate surface area is 120 Å². The molecule has 3 nitrogen and oxygen atoms in total. The second-order valence-corrected chi connectivity index (χ2v) is 6.06. The normalized spacial score (nSPS) is 17.7. The van der Waals surface area contributed by atoms with Crippen molar-refractivity contribution in [1.29, 1.82) is 0 Å². The van der Waals surface area contributed by atoms with Crippen LogP contribution in [0.1, 0.15) is 36.0 Å². The summed E-state index contributed by atoms with van der Waals surface area (Å²) in [4.78, 5) is 12.3. The second kappa shape index (κ2) is 5.59. The first-order valence-corrected chi connectivity index (χ1v) is 7.21. The van der Waals surface area contributed by atoms with Gasteiger partial charge in [0.05, 0.1) is 11.1 Å². The molecule has 1 saturated carbocycles. The number of hydrogen-bond donors (Lipinski definition) is 2. The number of rotatable bonds is 3. The highest BCUT2D eigenvalue weighted by atomic mass is 79.9. The van der Waals surface area contributed by atoms with Gasteiger partial charge in [0.2, 0.25) is 0 Å². The zero-order chi connectivity index (χ0) is 13.2. The zero-order valence-electron chi connectivity index (χ0n) is 10.0. The van der Waals surface area contributed by atoms with E-state index in [1.165, 1.54) is 0 Å². The predicted octanol–water partition coefficient (Wildman–Crippen LogP) is 3.10. The average Bonchev–Trinajstić information content (AvgIpc) is 2.81. The van der Waals surface area contributed by atoms with Gasteiger partial charge in [-0.25, -0.2) is 0 Å². The van der Waals surface area contributed by atoms with Crippen molar-refractivity contribution in [3.05, 3.63) is 33.3 Å². The molecule has 0 bridgehead atoms. The van der Waals surface area contributed by atoms with Gasteiger partial charge in [-0.2, -0.15) is 0 Å². The molecule has 1 aromatic carbocycles. The van der Waals surface area contributed by atoms with Crippen molar-refractivity contribution >= 4 is 33.4 Å². The number of halogens is 2. The van der Waals surface area contributed by atoms with Crippen LogP contribution >= 0.6 is 27.5 Å². The molecule has 1 aromatic rings. The lowest BCUT2D eigenvalue weighted by atomic mass is 9.97. The quantitative estimate of drug-likeness (QED) is 0.894. The van der Waals surface area contributed by atoms with E-state index < -0.39 is 0 Å². The predicted molar refractivity (Wildman–Crippen MR) is 76.9 cm³/mol. The SMILES string of the molecule is NCC1(NC(=O)c2cc(Cl)ccc2Br)CCCC1. The number of amides is 1. The van der Waals surface area contributed by atoms with Crippen molar-refractivity contribution < 1.29 is 4.79 Å². The Kier molecular flexibility index (Phi) is 4.30. The maximum absolute atomic E-state index is 12.3. The van der Waals surface area contributed by atoms with Crippen molar-refractivity contribution in [2.45, 2.75) is 31.2 Å². The minimum atomic E-state index is -0.237. The molecule has 0 aromatic heterocycles. The summed E-state index contributed by atoms with van der Waals surface area (Å²) >= 11 is 9.29. The van der Waals surface area contributed by atoms with E-state index in [9.17, 15) is 4.79 Å². The molecule has 0 saturated heterocycles. The molecule has 1 amide bonds. The van der Waals surface area contributed by atoms with Crippen molar-refractivity contribution in [3.8, 4) is 0 Å². The minimum Gasteiger partial charge on any atom is -0.345 e. The Morgan fingerprint density at radius 1 is 1.44 bits per heavy atom. The lowest BCUT2D eigenvalue weighted by Crippen LogP contribution is -2.51. The van der Waals surface area contributed by atoms with Crippen LogP contribution < -0.4 is 11.1 Å². The number of nitrogens with two attached hydrogens (primary N) is 1. The standard InChI is InChI=1S/C13H16BrClN2O/c14-11-4-3-9(15)7-10(11)12(18)17-13(8-16)5-1-2-6-13/h3-4,7H,1-2,5-6,8,16H2,(H,17,18). The van der Waals surface area contributed by atoms with E-state index in [-0.39, 0.29) is 11.4 Å². The molecule has 0 unspecified atom stereocenters. The fourth-order valence-corrected chi connectivity index (χ4v) is 3.01. The fourth-order valence-electron chi connectivity index (χ4n) is 2.41. The lowest BCUT2D eigenvalue weighted by molar-refractivity contribution is 0.0902. The van der Waals surface area contributed by atoms with E-state index in [2.05, 4.69) is 21.2 Å². The van der Waals surface area contributed by atoms with Gasteiger partial charge in [0.25, 0.3) is 5.91 Å². The van der Waals surface area contributed by atoms with Gasteiger partial charge >= 0.3 is 0 Å². The van der Waals surface area contributed by atoms with Gasteiger partial charge in [0, 0.05) is 16.0 Å². The first-order valence-electron chi connectivity index (χ1n) is 6.04. The third-order valence-corrected chi connectivity index (χ3v) is 4.43. The molecule has 98 valence electrons. The van der Waals surface area contributed by atoms with Crippen LogP contribution in [0, 0.1) is 0 Å². The summed E-state index contributed by atoms with van der Waals surface area (Å²) in [5.41, 5.74) is 6.13. The van der Waals surface area contributed by atoms with Gasteiger partial charge in [0.1, 0.15) is 0 Å². The maximum Gasteiger partial charge on any atom is 0.252 e. The Bertz CT molecular complexity index is 458. The van der Waals surface area contributed by atoms with Crippen LogP contribution in [0.4, 0.5) is 0 Å². The number of carbonyl (C=O) groups excluding carboxylic acids is 1. The van der Waals surface area contributed by atoms with Gasteiger partial charge in [-0.1, -0.05) is 24.4 Å². The van der Waals surface area contributed by atoms with Crippen LogP contribution in [0.25, 0.3) is 0 Å². The third-order valence-electron chi connectivity index (χ3n) is 3.50. The van der Waals surface area contributed by atoms with E-state index >= 15 is 0 Å². The highest BCUT2D eigenvalue weighted by molar-refractivity contribution is 9.10. The highest BCUT2D eigenvalue weighted by Gasteiger charge is 2.34. The molecule has 0 radical (unpaired) electrons. The van der Waals surface area contributed by atoms with Gasteiger partial charge in [-0.15, -0.1) is 0 Å². The van der Waals surface area contributed by atoms with Gasteiger partial charge < -0.3 is 11.1 Å². The number of carbonyl (C=O) groups is 1. The van der Waals surface area contributed by atoms with Crippen molar-refractivity contribution in [2.75, 3.05) is 6.54 Å². The van der Waals surface area contributed by atoms with Crippen LogP contribution in [0.3, 0.4) is 0 Å². The Hall–Kier alpha value is -0.580. The van der Waals surface area contributed by atoms with Crippen LogP contribution in [0.15, 0.2) is 22.7 Å². The summed E-state index contributed by atoms with van der Waals surface area (Å²) < 4.78 is 0.745. The molecule has 0 atom stereocenters. The maximum atomic E-state index is 12.3. The monoisotopic (exact) mass is 330 g/mol.